The number of carbonyl (C=O) groups excluding carboxylic acids is 1. The third-order valence-corrected chi connectivity index (χ3v) is 4.71. The Morgan fingerprint density at radius 2 is 1.91 bits per heavy atom. The molecule has 1 saturated heterocycles. The van der Waals surface area contributed by atoms with Crippen molar-refractivity contribution >= 4 is 6.09 Å². The van der Waals surface area contributed by atoms with Crippen molar-refractivity contribution < 1.29 is 14.6 Å². The highest BCUT2D eigenvalue weighted by atomic mass is 16.6. The quantitative estimate of drug-likeness (QED) is 0.803. The fourth-order valence-corrected chi connectivity index (χ4v) is 3.55. The molecule has 6 nitrogen and oxygen atoms in total. The lowest BCUT2D eigenvalue weighted by atomic mass is 9.87. The molecule has 23 heavy (non-hydrogen) atoms. The van der Waals surface area contributed by atoms with E-state index in [4.69, 9.17) is 4.74 Å². The fraction of sp³-hybridized carbons (Fsp3) is 0.941. The molecular formula is C17H33N3O3. The highest BCUT2D eigenvalue weighted by Gasteiger charge is 2.35. The van der Waals surface area contributed by atoms with Crippen LogP contribution in [0.1, 0.15) is 46.5 Å². The third-order valence-electron chi connectivity index (χ3n) is 4.71. The Bertz CT molecular complexity index is 397. The average molecular weight is 327 g/mol. The van der Waals surface area contributed by atoms with Gasteiger partial charge in [-0.25, -0.2) is 4.79 Å². The summed E-state index contributed by atoms with van der Waals surface area (Å²) in [7, 11) is 2.15. The number of ether oxygens (including phenoxy) is 1. The van der Waals surface area contributed by atoms with Gasteiger partial charge in [-0.2, -0.15) is 0 Å². The Morgan fingerprint density at radius 1 is 1.17 bits per heavy atom. The van der Waals surface area contributed by atoms with Crippen LogP contribution in [-0.4, -0.2) is 78.0 Å². The number of aliphatic hydroxyl groups excluding tert-OH is 1. The molecule has 3 unspecified atom stereocenters. The van der Waals surface area contributed by atoms with Gasteiger partial charge >= 0.3 is 6.09 Å². The van der Waals surface area contributed by atoms with E-state index in [2.05, 4.69) is 22.2 Å². The molecule has 134 valence electrons. The lowest BCUT2D eigenvalue weighted by molar-refractivity contribution is 0.0240. The van der Waals surface area contributed by atoms with E-state index in [1.165, 1.54) is 0 Å². The summed E-state index contributed by atoms with van der Waals surface area (Å²) in [5, 5.41) is 13.1. The van der Waals surface area contributed by atoms with Crippen molar-refractivity contribution in [3.8, 4) is 0 Å². The first kappa shape index (κ1) is 18.5. The Kier molecular flexibility index (Phi) is 6.28. The summed E-state index contributed by atoms with van der Waals surface area (Å²) in [4.78, 5) is 16.9. The first-order valence-electron chi connectivity index (χ1n) is 8.85. The second-order valence-corrected chi connectivity index (χ2v) is 7.98. The van der Waals surface area contributed by atoms with Crippen molar-refractivity contribution in [2.75, 3.05) is 33.2 Å². The molecule has 1 amide bonds. The Balaban J connectivity index is 1.99. The zero-order valence-corrected chi connectivity index (χ0v) is 15.0. The Labute approximate surface area is 140 Å². The molecule has 0 bridgehead atoms. The fourth-order valence-electron chi connectivity index (χ4n) is 3.55. The molecule has 1 saturated carbocycles. The average Bonchev–Trinajstić information content (AvgIpc) is 2.63. The molecule has 6 heteroatoms. The molecule has 0 aromatic heterocycles. The van der Waals surface area contributed by atoms with E-state index in [0.717, 1.165) is 51.9 Å². The maximum atomic E-state index is 12.1. The van der Waals surface area contributed by atoms with E-state index in [1.807, 2.05) is 20.8 Å². The van der Waals surface area contributed by atoms with E-state index >= 15 is 0 Å². The van der Waals surface area contributed by atoms with Crippen molar-refractivity contribution in [2.45, 2.75) is 70.2 Å². The summed E-state index contributed by atoms with van der Waals surface area (Å²) in [6, 6.07) is 0.245. The molecule has 0 radical (unpaired) electrons. The van der Waals surface area contributed by atoms with Gasteiger partial charge in [-0.15, -0.1) is 0 Å². The minimum Gasteiger partial charge on any atom is -0.444 e. The SMILES string of the molecule is CN1CCCN(C2CC(O)CCC2NC(=O)OC(C)(C)C)CC1. The molecule has 1 aliphatic heterocycles. The monoisotopic (exact) mass is 327 g/mol. The number of carbonyl (C=O) groups is 1. The van der Waals surface area contributed by atoms with Crippen molar-refractivity contribution in [3.63, 3.8) is 0 Å². The van der Waals surface area contributed by atoms with Crippen LogP contribution < -0.4 is 5.32 Å². The molecule has 0 aromatic rings. The summed E-state index contributed by atoms with van der Waals surface area (Å²) in [6.07, 6.45) is 2.78. The van der Waals surface area contributed by atoms with Gasteiger partial charge in [-0.05, 0) is 66.6 Å². The number of rotatable bonds is 2. The highest BCUT2D eigenvalue weighted by molar-refractivity contribution is 5.68. The number of likely N-dealkylation sites (N-methyl/N-ethyl adjacent to an activating group) is 1. The molecule has 2 aliphatic rings. The third kappa shape index (κ3) is 5.94. The summed E-state index contributed by atoms with van der Waals surface area (Å²) in [5.74, 6) is 0. The first-order valence-corrected chi connectivity index (χ1v) is 8.85. The van der Waals surface area contributed by atoms with Crippen LogP contribution in [0.4, 0.5) is 4.79 Å². The van der Waals surface area contributed by atoms with Crippen molar-refractivity contribution in [1.29, 1.82) is 0 Å². The van der Waals surface area contributed by atoms with Crippen LogP contribution >= 0.6 is 0 Å². The first-order chi connectivity index (χ1) is 10.7. The van der Waals surface area contributed by atoms with E-state index in [0.29, 0.717) is 0 Å². The number of amides is 1. The van der Waals surface area contributed by atoms with Gasteiger partial charge in [0.25, 0.3) is 0 Å². The zero-order valence-electron chi connectivity index (χ0n) is 15.0. The molecule has 2 rings (SSSR count). The van der Waals surface area contributed by atoms with Crippen molar-refractivity contribution in [2.24, 2.45) is 0 Å². The normalized spacial score (nSPS) is 31.4. The van der Waals surface area contributed by atoms with Crippen LogP contribution in [0.3, 0.4) is 0 Å². The molecule has 1 heterocycles. The Hall–Kier alpha value is -0.850. The minimum absolute atomic E-state index is 0.0525. The molecule has 0 spiro atoms. The van der Waals surface area contributed by atoms with Crippen molar-refractivity contribution in [1.82, 2.24) is 15.1 Å². The van der Waals surface area contributed by atoms with E-state index in [9.17, 15) is 9.90 Å². The zero-order chi connectivity index (χ0) is 17.0. The molecule has 0 aromatic carbocycles. The topological polar surface area (TPSA) is 65.0 Å². The molecule has 1 aliphatic carbocycles. The van der Waals surface area contributed by atoms with Gasteiger partial charge in [-0.3, -0.25) is 4.90 Å². The summed E-state index contributed by atoms with van der Waals surface area (Å²) >= 11 is 0. The van der Waals surface area contributed by atoms with Crippen molar-refractivity contribution in [3.05, 3.63) is 0 Å². The smallest absolute Gasteiger partial charge is 0.407 e. The number of alkyl carbamates (subject to hydrolysis) is 1. The van der Waals surface area contributed by atoms with Crippen LogP contribution in [-0.2, 0) is 4.74 Å². The lowest BCUT2D eigenvalue weighted by Gasteiger charge is -2.41. The largest absolute Gasteiger partial charge is 0.444 e. The van der Waals surface area contributed by atoms with Crippen LogP contribution in [0.25, 0.3) is 0 Å². The number of aliphatic hydroxyl groups is 1. The summed E-state index contributed by atoms with van der Waals surface area (Å²) < 4.78 is 5.41. The predicted octanol–water partition coefficient (Wildman–Crippen LogP) is 1.43. The minimum atomic E-state index is -0.487. The maximum Gasteiger partial charge on any atom is 0.407 e. The number of nitrogens with one attached hydrogen (secondary N) is 1. The summed E-state index contributed by atoms with van der Waals surface area (Å²) in [6.45, 7) is 9.77. The van der Waals surface area contributed by atoms with Gasteiger partial charge in [0.05, 0.1) is 6.10 Å². The lowest BCUT2D eigenvalue weighted by Crippen LogP contribution is -2.56. The second-order valence-electron chi connectivity index (χ2n) is 7.98. The van der Waals surface area contributed by atoms with Crippen LogP contribution in [0.15, 0.2) is 0 Å². The standard InChI is InChI=1S/C17H33N3O3/c1-17(2,3)23-16(22)18-14-7-6-13(21)12-15(14)20-9-5-8-19(4)10-11-20/h13-15,21H,5-12H2,1-4H3,(H,18,22). The second kappa shape index (κ2) is 7.81. The number of hydrogen-bond acceptors (Lipinski definition) is 5. The van der Waals surface area contributed by atoms with Crippen LogP contribution in [0.2, 0.25) is 0 Å². The highest BCUT2D eigenvalue weighted by Crippen LogP contribution is 2.25. The van der Waals surface area contributed by atoms with Gasteiger partial charge in [0.15, 0.2) is 0 Å². The predicted molar refractivity (Wildman–Crippen MR) is 90.5 cm³/mol. The molecular weight excluding hydrogens is 294 g/mol. The van der Waals surface area contributed by atoms with Gasteiger partial charge in [0.2, 0.25) is 0 Å². The molecule has 2 N–H and O–H groups in total. The Morgan fingerprint density at radius 3 is 2.61 bits per heavy atom. The van der Waals surface area contributed by atoms with E-state index in [-0.39, 0.29) is 24.3 Å². The maximum absolute atomic E-state index is 12.1. The van der Waals surface area contributed by atoms with Gasteiger partial charge in [0, 0.05) is 25.2 Å². The molecule has 2 fully saturated rings. The van der Waals surface area contributed by atoms with E-state index < -0.39 is 5.60 Å². The van der Waals surface area contributed by atoms with Crippen LogP contribution in [0, 0.1) is 0 Å². The molecule has 3 atom stereocenters. The number of nitrogens with zero attached hydrogens (tertiary/aromatic N) is 2. The number of hydrogen-bond donors (Lipinski definition) is 2. The van der Waals surface area contributed by atoms with E-state index in [1.54, 1.807) is 0 Å². The van der Waals surface area contributed by atoms with Gasteiger partial charge in [-0.1, -0.05) is 0 Å². The summed E-state index contributed by atoms with van der Waals surface area (Å²) in [5.41, 5.74) is -0.487. The van der Waals surface area contributed by atoms with Gasteiger partial charge in [0.1, 0.15) is 5.60 Å². The van der Waals surface area contributed by atoms with Crippen LogP contribution in [0.5, 0.6) is 0 Å². The van der Waals surface area contributed by atoms with Gasteiger partial charge < -0.3 is 20.1 Å².